The summed E-state index contributed by atoms with van der Waals surface area (Å²) in [5, 5.41) is 3.38. The highest BCUT2D eigenvalue weighted by Gasteiger charge is 2.08. The molecule has 15 heavy (non-hydrogen) atoms. The minimum absolute atomic E-state index is 0.630. The maximum atomic E-state index is 4.13. The maximum absolute atomic E-state index is 4.13. The van der Waals surface area contributed by atoms with E-state index in [1.165, 1.54) is 18.4 Å². The molecule has 0 fully saturated rings. The Balaban J connectivity index is 2.34. The SMILES string of the molecule is CNC(CCc1cccnc1)CC(C)C. The molecular weight excluding hydrogens is 184 g/mol. The summed E-state index contributed by atoms with van der Waals surface area (Å²) in [4.78, 5) is 4.13. The fourth-order valence-corrected chi connectivity index (χ4v) is 1.84. The van der Waals surface area contributed by atoms with Gasteiger partial charge in [0.05, 0.1) is 0 Å². The fourth-order valence-electron chi connectivity index (χ4n) is 1.84. The Kier molecular flexibility index (Phi) is 5.33. The lowest BCUT2D eigenvalue weighted by molar-refractivity contribution is 0.421. The van der Waals surface area contributed by atoms with Gasteiger partial charge in [-0.05, 0) is 43.9 Å². The van der Waals surface area contributed by atoms with Gasteiger partial charge in [-0.25, -0.2) is 0 Å². The van der Waals surface area contributed by atoms with Crippen LogP contribution in [0.3, 0.4) is 0 Å². The van der Waals surface area contributed by atoms with Crippen LogP contribution < -0.4 is 5.32 Å². The monoisotopic (exact) mass is 206 g/mol. The number of pyridine rings is 1. The van der Waals surface area contributed by atoms with Crippen molar-refractivity contribution < 1.29 is 0 Å². The number of nitrogens with zero attached hydrogens (tertiary/aromatic N) is 1. The van der Waals surface area contributed by atoms with Crippen LogP contribution in [0.15, 0.2) is 24.5 Å². The topological polar surface area (TPSA) is 24.9 Å². The van der Waals surface area contributed by atoms with E-state index in [9.17, 15) is 0 Å². The largest absolute Gasteiger partial charge is 0.317 e. The van der Waals surface area contributed by atoms with Gasteiger partial charge < -0.3 is 5.32 Å². The summed E-state index contributed by atoms with van der Waals surface area (Å²) in [7, 11) is 2.05. The third-order valence-electron chi connectivity index (χ3n) is 2.67. The van der Waals surface area contributed by atoms with E-state index in [-0.39, 0.29) is 0 Å². The van der Waals surface area contributed by atoms with Gasteiger partial charge in [-0.15, -0.1) is 0 Å². The summed E-state index contributed by atoms with van der Waals surface area (Å²) < 4.78 is 0. The second-order valence-corrected chi connectivity index (χ2v) is 4.52. The Bertz CT molecular complexity index is 256. The average molecular weight is 206 g/mol. The van der Waals surface area contributed by atoms with Crippen LogP contribution in [0.1, 0.15) is 32.3 Å². The summed E-state index contributed by atoms with van der Waals surface area (Å²) in [6.07, 6.45) is 7.35. The summed E-state index contributed by atoms with van der Waals surface area (Å²) in [5.41, 5.74) is 1.33. The van der Waals surface area contributed by atoms with Gasteiger partial charge in [0.1, 0.15) is 0 Å². The average Bonchev–Trinajstić information content (AvgIpc) is 2.25. The molecule has 1 rings (SSSR count). The number of rotatable bonds is 6. The molecule has 0 spiro atoms. The normalized spacial score (nSPS) is 13.1. The molecule has 0 bridgehead atoms. The predicted molar refractivity (Wildman–Crippen MR) is 64.9 cm³/mol. The van der Waals surface area contributed by atoms with Crippen LogP contribution in [0.4, 0.5) is 0 Å². The minimum atomic E-state index is 0.630. The molecule has 0 aliphatic heterocycles. The Morgan fingerprint density at radius 2 is 2.20 bits per heavy atom. The highest BCUT2D eigenvalue weighted by molar-refractivity contribution is 5.08. The number of hydrogen-bond acceptors (Lipinski definition) is 2. The standard InChI is InChI=1S/C13H22N2/c1-11(2)9-13(14-3)7-6-12-5-4-8-15-10-12/h4-5,8,10-11,13-14H,6-7,9H2,1-3H3. The molecule has 0 amide bonds. The van der Waals surface area contributed by atoms with Gasteiger partial charge in [0, 0.05) is 18.4 Å². The Morgan fingerprint density at radius 1 is 1.40 bits per heavy atom. The molecule has 1 atom stereocenters. The van der Waals surface area contributed by atoms with Gasteiger partial charge >= 0.3 is 0 Å². The number of nitrogens with one attached hydrogen (secondary N) is 1. The van der Waals surface area contributed by atoms with E-state index < -0.39 is 0 Å². The summed E-state index contributed by atoms with van der Waals surface area (Å²) >= 11 is 0. The van der Waals surface area contributed by atoms with E-state index in [0.717, 1.165) is 12.3 Å². The van der Waals surface area contributed by atoms with Crippen molar-refractivity contribution in [3.05, 3.63) is 30.1 Å². The molecule has 2 nitrogen and oxygen atoms in total. The van der Waals surface area contributed by atoms with Gasteiger partial charge in [-0.1, -0.05) is 19.9 Å². The van der Waals surface area contributed by atoms with Crippen molar-refractivity contribution in [3.63, 3.8) is 0 Å². The smallest absolute Gasteiger partial charge is 0.0299 e. The van der Waals surface area contributed by atoms with Crippen LogP contribution in [-0.2, 0) is 6.42 Å². The molecule has 1 heterocycles. The maximum Gasteiger partial charge on any atom is 0.0299 e. The molecule has 0 aliphatic carbocycles. The van der Waals surface area contributed by atoms with Crippen LogP contribution >= 0.6 is 0 Å². The van der Waals surface area contributed by atoms with Crippen LogP contribution in [0, 0.1) is 5.92 Å². The van der Waals surface area contributed by atoms with Crippen LogP contribution in [0.25, 0.3) is 0 Å². The second kappa shape index (κ2) is 6.57. The number of aryl methyl sites for hydroxylation is 1. The van der Waals surface area contributed by atoms with Crippen molar-refractivity contribution in [2.24, 2.45) is 5.92 Å². The zero-order chi connectivity index (χ0) is 11.1. The van der Waals surface area contributed by atoms with Gasteiger partial charge in [-0.3, -0.25) is 4.98 Å². The Morgan fingerprint density at radius 3 is 2.73 bits per heavy atom. The van der Waals surface area contributed by atoms with Crippen LogP contribution in [0.2, 0.25) is 0 Å². The second-order valence-electron chi connectivity index (χ2n) is 4.52. The Labute approximate surface area is 93.1 Å². The van der Waals surface area contributed by atoms with Gasteiger partial charge in [0.25, 0.3) is 0 Å². The van der Waals surface area contributed by atoms with Crippen molar-refractivity contribution >= 4 is 0 Å². The number of hydrogen-bond donors (Lipinski definition) is 1. The quantitative estimate of drug-likeness (QED) is 0.774. The summed E-state index contributed by atoms with van der Waals surface area (Å²) in [6.45, 7) is 4.54. The molecule has 0 aliphatic rings. The zero-order valence-electron chi connectivity index (χ0n) is 10.0. The van der Waals surface area contributed by atoms with Crippen molar-refractivity contribution in [3.8, 4) is 0 Å². The lowest BCUT2D eigenvalue weighted by atomic mass is 9.98. The molecule has 1 aromatic heterocycles. The molecule has 0 saturated carbocycles. The number of aromatic nitrogens is 1. The van der Waals surface area contributed by atoms with E-state index in [2.05, 4.69) is 37.3 Å². The van der Waals surface area contributed by atoms with Gasteiger partial charge in [0.15, 0.2) is 0 Å². The molecule has 0 radical (unpaired) electrons. The van der Waals surface area contributed by atoms with E-state index in [0.29, 0.717) is 6.04 Å². The van der Waals surface area contributed by atoms with Gasteiger partial charge in [-0.2, -0.15) is 0 Å². The molecule has 84 valence electrons. The molecule has 2 heteroatoms. The third kappa shape index (κ3) is 4.93. The van der Waals surface area contributed by atoms with E-state index in [1.54, 1.807) is 0 Å². The van der Waals surface area contributed by atoms with E-state index in [1.807, 2.05) is 18.5 Å². The highest BCUT2D eigenvalue weighted by Crippen LogP contribution is 2.10. The minimum Gasteiger partial charge on any atom is -0.317 e. The van der Waals surface area contributed by atoms with Crippen molar-refractivity contribution in [1.29, 1.82) is 0 Å². The first-order chi connectivity index (χ1) is 7.22. The van der Waals surface area contributed by atoms with Crippen LogP contribution in [0.5, 0.6) is 0 Å². The van der Waals surface area contributed by atoms with Crippen molar-refractivity contribution in [2.45, 2.75) is 39.2 Å². The lowest BCUT2D eigenvalue weighted by Gasteiger charge is -2.18. The first kappa shape index (κ1) is 12.2. The summed E-state index contributed by atoms with van der Waals surface area (Å²) in [6, 6.07) is 4.78. The lowest BCUT2D eigenvalue weighted by Crippen LogP contribution is -2.27. The molecule has 0 saturated heterocycles. The predicted octanol–water partition coefficient (Wildman–Crippen LogP) is 2.65. The molecule has 1 aromatic rings. The zero-order valence-corrected chi connectivity index (χ0v) is 10.0. The molecular formula is C13H22N2. The third-order valence-corrected chi connectivity index (χ3v) is 2.67. The van der Waals surface area contributed by atoms with Crippen molar-refractivity contribution in [1.82, 2.24) is 10.3 Å². The first-order valence-corrected chi connectivity index (χ1v) is 5.78. The fraction of sp³-hybridized carbons (Fsp3) is 0.615. The highest BCUT2D eigenvalue weighted by atomic mass is 14.9. The molecule has 1 N–H and O–H groups in total. The van der Waals surface area contributed by atoms with Gasteiger partial charge in [0.2, 0.25) is 0 Å². The molecule has 0 aromatic carbocycles. The summed E-state index contributed by atoms with van der Waals surface area (Å²) in [5.74, 6) is 0.761. The molecule has 1 unspecified atom stereocenters. The van der Waals surface area contributed by atoms with Crippen molar-refractivity contribution in [2.75, 3.05) is 7.05 Å². The van der Waals surface area contributed by atoms with Crippen LogP contribution in [-0.4, -0.2) is 18.1 Å². The Hall–Kier alpha value is -0.890. The van der Waals surface area contributed by atoms with E-state index in [4.69, 9.17) is 0 Å². The first-order valence-electron chi connectivity index (χ1n) is 5.78. The van der Waals surface area contributed by atoms with E-state index >= 15 is 0 Å².